The molecule has 4 rings (SSSR count). The molecule has 1 atom stereocenters. The summed E-state index contributed by atoms with van der Waals surface area (Å²) >= 11 is 0. The van der Waals surface area contributed by atoms with Crippen molar-refractivity contribution in [3.05, 3.63) is 53.8 Å². The molecule has 0 spiro atoms. The molecule has 0 radical (unpaired) electrons. The molecular formula is C19H24N4. The number of anilines is 1. The summed E-state index contributed by atoms with van der Waals surface area (Å²) in [5, 5.41) is 10.5. The third kappa shape index (κ3) is 3.11. The van der Waals surface area contributed by atoms with Gasteiger partial charge >= 0.3 is 0 Å². The van der Waals surface area contributed by atoms with Gasteiger partial charge in [-0.05, 0) is 25.0 Å². The van der Waals surface area contributed by atoms with Gasteiger partial charge in [0, 0.05) is 35.6 Å². The van der Waals surface area contributed by atoms with Crippen LogP contribution in [-0.2, 0) is 0 Å². The predicted molar refractivity (Wildman–Crippen MR) is 95.6 cm³/mol. The van der Waals surface area contributed by atoms with E-state index < -0.39 is 0 Å². The third-order valence-corrected chi connectivity index (χ3v) is 4.81. The molecule has 1 fully saturated rings. The van der Waals surface area contributed by atoms with Crippen LogP contribution in [0.15, 0.2) is 53.2 Å². The lowest BCUT2D eigenvalue weighted by Gasteiger charge is -2.31. The van der Waals surface area contributed by atoms with Gasteiger partial charge in [-0.2, -0.15) is 0 Å². The van der Waals surface area contributed by atoms with Gasteiger partial charge in [-0.25, -0.2) is 4.99 Å². The van der Waals surface area contributed by atoms with Crippen molar-refractivity contribution >= 4 is 11.5 Å². The number of aliphatic imine (C=N–C) groups is 1. The summed E-state index contributed by atoms with van der Waals surface area (Å²) < 4.78 is 0. The van der Waals surface area contributed by atoms with Gasteiger partial charge < -0.3 is 16.0 Å². The van der Waals surface area contributed by atoms with E-state index in [9.17, 15) is 0 Å². The minimum atomic E-state index is -0.0277. The predicted octanol–water partition coefficient (Wildman–Crippen LogP) is 3.15. The van der Waals surface area contributed by atoms with Crippen molar-refractivity contribution in [1.29, 1.82) is 0 Å². The van der Waals surface area contributed by atoms with Crippen LogP contribution in [0.25, 0.3) is 0 Å². The molecule has 23 heavy (non-hydrogen) atoms. The zero-order valence-electron chi connectivity index (χ0n) is 13.4. The number of hydrogen-bond donors (Lipinski definition) is 3. The van der Waals surface area contributed by atoms with Crippen molar-refractivity contribution in [2.75, 3.05) is 11.9 Å². The van der Waals surface area contributed by atoms with Gasteiger partial charge in [-0.15, -0.1) is 0 Å². The van der Waals surface area contributed by atoms with E-state index in [0.717, 1.165) is 18.1 Å². The van der Waals surface area contributed by atoms with Gasteiger partial charge in [0.15, 0.2) is 0 Å². The van der Waals surface area contributed by atoms with Gasteiger partial charge in [0.2, 0.25) is 0 Å². The fourth-order valence-electron chi connectivity index (χ4n) is 3.56. The topological polar surface area (TPSA) is 48.5 Å². The van der Waals surface area contributed by atoms with Crippen LogP contribution in [0, 0.1) is 0 Å². The first-order chi connectivity index (χ1) is 11.4. The molecule has 0 amide bonds. The molecule has 120 valence electrons. The van der Waals surface area contributed by atoms with Crippen LogP contribution >= 0.6 is 0 Å². The SMILES string of the molecule is C1=CC(C2N=C(NC3CCCCC3)c3ccccc3N2)=CNC1. The standard InChI is InChI=1S/C19H24N4/c1-2-8-15(9-3-1)21-19-16-10-4-5-11-17(16)22-18(23-19)14-7-6-12-20-13-14/h4-7,10-11,13,15,18,20,22H,1-3,8-9,12H2,(H,21,23). The maximum Gasteiger partial charge on any atom is 0.148 e. The lowest BCUT2D eigenvalue weighted by atomic mass is 9.95. The number of nitrogens with zero attached hydrogens (tertiary/aromatic N) is 1. The number of amidine groups is 1. The van der Waals surface area contributed by atoms with Crippen molar-refractivity contribution in [2.24, 2.45) is 4.99 Å². The first kappa shape index (κ1) is 14.4. The molecule has 1 aromatic carbocycles. The van der Waals surface area contributed by atoms with Crippen LogP contribution in [-0.4, -0.2) is 24.6 Å². The van der Waals surface area contributed by atoms with Crippen LogP contribution in [0.4, 0.5) is 5.69 Å². The largest absolute Gasteiger partial charge is 0.387 e. The van der Waals surface area contributed by atoms with Crippen molar-refractivity contribution < 1.29 is 0 Å². The van der Waals surface area contributed by atoms with Gasteiger partial charge in [0.1, 0.15) is 12.0 Å². The Hall–Kier alpha value is -2.23. The Morgan fingerprint density at radius 1 is 1.09 bits per heavy atom. The van der Waals surface area contributed by atoms with E-state index in [1.807, 2.05) is 0 Å². The summed E-state index contributed by atoms with van der Waals surface area (Å²) in [5.41, 5.74) is 3.52. The molecule has 1 unspecified atom stereocenters. The average molecular weight is 308 g/mol. The van der Waals surface area contributed by atoms with Crippen molar-refractivity contribution in [2.45, 2.75) is 44.3 Å². The Morgan fingerprint density at radius 2 is 1.96 bits per heavy atom. The maximum atomic E-state index is 4.98. The summed E-state index contributed by atoms with van der Waals surface area (Å²) in [6.45, 7) is 0.893. The quantitative estimate of drug-likeness (QED) is 0.786. The maximum absolute atomic E-state index is 4.98. The summed E-state index contributed by atoms with van der Waals surface area (Å²) in [7, 11) is 0. The fourth-order valence-corrected chi connectivity index (χ4v) is 3.56. The Bertz CT molecular complexity index is 653. The van der Waals surface area contributed by atoms with E-state index in [1.54, 1.807) is 0 Å². The van der Waals surface area contributed by atoms with Crippen LogP contribution in [0.1, 0.15) is 37.7 Å². The molecule has 4 heteroatoms. The van der Waals surface area contributed by atoms with Gasteiger partial charge in [0.25, 0.3) is 0 Å². The van der Waals surface area contributed by atoms with Crippen LogP contribution in [0.3, 0.4) is 0 Å². The number of benzene rings is 1. The second kappa shape index (κ2) is 6.49. The first-order valence-electron chi connectivity index (χ1n) is 8.70. The molecule has 1 aromatic rings. The zero-order chi connectivity index (χ0) is 15.5. The van der Waals surface area contributed by atoms with E-state index in [1.165, 1.54) is 43.2 Å². The number of nitrogens with one attached hydrogen (secondary N) is 3. The molecule has 0 bridgehead atoms. The molecule has 2 heterocycles. The molecular weight excluding hydrogens is 284 g/mol. The minimum absolute atomic E-state index is 0.0277. The Morgan fingerprint density at radius 3 is 2.78 bits per heavy atom. The number of dihydropyridines is 1. The Balaban J connectivity index is 1.62. The molecule has 3 aliphatic rings. The van der Waals surface area contributed by atoms with E-state index in [2.05, 4.69) is 58.6 Å². The summed E-state index contributed by atoms with van der Waals surface area (Å²) in [6.07, 6.45) is 12.9. The number of rotatable bonds is 2. The molecule has 1 saturated carbocycles. The van der Waals surface area contributed by atoms with Gasteiger partial charge in [0.05, 0.1) is 0 Å². The van der Waals surface area contributed by atoms with E-state index in [0.29, 0.717) is 6.04 Å². The highest BCUT2D eigenvalue weighted by atomic mass is 15.2. The second-order valence-electron chi connectivity index (χ2n) is 6.50. The fraction of sp³-hybridized carbons (Fsp3) is 0.421. The molecule has 2 aliphatic heterocycles. The number of fused-ring (bicyclic) bond motifs is 1. The second-order valence-corrected chi connectivity index (χ2v) is 6.50. The Kier molecular flexibility index (Phi) is 4.05. The van der Waals surface area contributed by atoms with Crippen molar-refractivity contribution in [3.8, 4) is 0 Å². The van der Waals surface area contributed by atoms with E-state index in [4.69, 9.17) is 4.99 Å². The van der Waals surface area contributed by atoms with Gasteiger partial charge in [-0.1, -0.05) is 43.5 Å². The minimum Gasteiger partial charge on any atom is -0.387 e. The normalized spacial score (nSPS) is 23.9. The van der Waals surface area contributed by atoms with Crippen molar-refractivity contribution in [3.63, 3.8) is 0 Å². The van der Waals surface area contributed by atoms with Crippen LogP contribution in [0.5, 0.6) is 0 Å². The molecule has 0 aromatic heterocycles. The van der Waals surface area contributed by atoms with E-state index in [-0.39, 0.29) is 6.17 Å². The summed E-state index contributed by atoms with van der Waals surface area (Å²) in [5.74, 6) is 1.04. The highest BCUT2D eigenvalue weighted by Gasteiger charge is 2.24. The van der Waals surface area contributed by atoms with E-state index >= 15 is 0 Å². The molecule has 0 saturated heterocycles. The molecule has 4 nitrogen and oxygen atoms in total. The monoisotopic (exact) mass is 308 g/mol. The highest BCUT2D eigenvalue weighted by molar-refractivity contribution is 6.05. The molecule has 1 aliphatic carbocycles. The van der Waals surface area contributed by atoms with Crippen molar-refractivity contribution in [1.82, 2.24) is 10.6 Å². The van der Waals surface area contributed by atoms with Crippen LogP contribution < -0.4 is 16.0 Å². The number of hydrogen-bond acceptors (Lipinski definition) is 4. The smallest absolute Gasteiger partial charge is 0.148 e. The highest BCUT2D eigenvalue weighted by Crippen LogP contribution is 2.26. The zero-order valence-corrected chi connectivity index (χ0v) is 13.4. The summed E-state index contributed by atoms with van der Waals surface area (Å²) in [4.78, 5) is 4.98. The molecule has 3 N–H and O–H groups in total. The average Bonchev–Trinajstić information content (AvgIpc) is 2.63. The number of para-hydroxylation sites is 1. The first-order valence-corrected chi connectivity index (χ1v) is 8.70. The van der Waals surface area contributed by atoms with Crippen LogP contribution in [0.2, 0.25) is 0 Å². The third-order valence-electron chi connectivity index (χ3n) is 4.81. The lowest BCUT2D eigenvalue weighted by Crippen LogP contribution is -2.41. The summed E-state index contributed by atoms with van der Waals surface area (Å²) in [6, 6.07) is 9.01. The Labute approximate surface area is 137 Å². The van der Waals surface area contributed by atoms with Gasteiger partial charge in [-0.3, -0.25) is 0 Å². The lowest BCUT2D eigenvalue weighted by molar-refractivity contribution is 0.413.